The molecule has 1 atom stereocenters. The van der Waals surface area contributed by atoms with Crippen LogP contribution in [0.2, 0.25) is 0 Å². The minimum absolute atomic E-state index is 0.0308. The maximum Gasteiger partial charge on any atom is 0.245 e. The highest BCUT2D eigenvalue weighted by Crippen LogP contribution is 2.27. The number of likely N-dealkylation sites (tertiary alicyclic amines) is 1. The van der Waals surface area contributed by atoms with E-state index >= 15 is 0 Å². The first kappa shape index (κ1) is 12.9. The minimum Gasteiger partial charge on any atom is -0.339 e. The fourth-order valence-electron chi connectivity index (χ4n) is 2.42. The standard InChI is InChI=1S/C14H21N3O/c1-4-14(18)17-7-5-6-11(9-17)13-8-12(10(2)3)15-16-13/h4,8,10-11H,1,5-7,9H2,2-3H3,(H,15,16). The summed E-state index contributed by atoms with van der Waals surface area (Å²) in [6, 6.07) is 2.14. The fraction of sp³-hybridized carbons (Fsp3) is 0.571. The van der Waals surface area contributed by atoms with Crippen molar-refractivity contribution in [2.24, 2.45) is 0 Å². The van der Waals surface area contributed by atoms with Crippen molar-refractivity contribution >= 4 is 5.91 Å². The van der Waals surface area contributed by atoms with Crippen LogP contribution in [0.4, 0.5) is 0 Å². The van der Waals surface area contributed by atoms with Gasteiger partial charge in [0, 0.05) is 24.7 Å². The number of aromatic nitrogens is 2. The first-order valence-electron chi connectivity index (χ1n) is 6.58. The Hall–Kier alpha value is -1.58. The van der Waals surface area contributed by atoms with Crippen molar-refractivity contribution in [2.45, 2.75) is 38.5 Å². The summed E-state index contributed by atoms with van der Waals surface area (Å²) in [4.78, 5) is 13.5. The van der Waals surface area contributed by atoms with Crippen LogP contribution in [0.25, 0.3) is 0 Å². The van der Waals surface area contributed by atoms with Gasteiger partial charge in [0.05, 0.1) is 5.69 Å². The third-order valence-electron chi connectivity index (χ3n) is 3.56. The van der Waals surface area contributed by atoms with Crippen molar-refractivity contribution < 1.29 is 4.79 Å². The van der Waals surface area contributed by atoms with Gasteiger partial charge in [-0.25, -0.2) is 0 Å². The molecule has 1 saturated heterocycles. The van der Waals surface area contributed by atoms with E-state index in [2.05, 4.69) is 36.7 Å². The largest absolute Gasteiger partial charge is 0.339 e. The maximum atomic E-state index is 11.6. The van der Waals surface area contributed by atoms with Crippen molar-refractivity contribution in [3.05, 3.63) is 30.1 Å². The van der Waals surface area contributed by atoms with Gasteiger partial charge in [-0.05, 0) is 30.9 Å². The van der Waals surface area contributed by atoms with E-state index in [0.29, 0.717) is 11.8 Å². The lowest BCUT2D eigenvalue weighted by Gasteiger charge is -2.31. The van der Waals surface area contributed by atoms with Crippen LogP contribution in [-0.2, 0) is 4.79 Å². The van der Waals surface area contributed by atoms with Crippen LogP contribution in [0.3, 0.4) is 0 Å². The Morgan fingerprint density at radius 2 is 2.44 bits per heavy atom. The molecular formula is C14H21N3O. The first-order valence-corrected chi connectivity index (χ1v) is 6.58. The summed E-state index contributed by atoms with van der Waals surface area (Å²) < 4.78 is 0. The highest BCUT2D eigenvalue weighted by atomic mass is 16.2. The highest BCUT2D eigenvalue weighted by molar-refractivity contribution is 5.87. The highest BCUT2D eigenvalue weighted by Gasteiger charge is 2.24. The van der Waals surface area contributed by atoms with E-state index in [1.807, 2.05) is 4.90 Å². The van der Waals surface area contributed by atoms with Gasteiger partial charge in [0.15, 0.2) is 0 Å². The summed E-state index contributed by atoms with van der Waals surface area (Å²) in [5.41, 5.74) is 2.25. The van der Waals surface area contributed by atoms with Crippen LogP contribution in [0.15, 0.2) is 18.7 Å². The lowest BCUT2D eigenvalue weighted by Crippen LogP contribution is -2.38. The van der Waals surface area contributed by atoms with Gasteiger partial charge >= 0.3 is 0 Å². The first-order chi connectivity index (χ1) is 8.61. The number of piperidine rings is 1. The molecule has 4 heteroatoms. The van der Waals surface area contributed by atoms with Crippen LogP contribution in [0.5, 0.6) is 0 Å². The van der Waals surface area contributed by atoms with Crippen molar-refractivity contribution in [1.29, 1.82) is 0 Å². The molecule has 18 heavy (non-hydrogen) atoms. The number of amides is 1. The van der Waals surface area contributed by atoms with Gasteiger partial charge in [-0.15, -0.1) is 0 Å². The normalized spacial score (nSPS) is 20.2. The third kappa shape index (κ3) is 2.63. The zero-order chi connectivity index (χ0) is 13.1. The lowest BCUT2D eigenvalue weighted by atomic mass is 9.94. The Bertz CT molecular complexity index is 436. The number of nitrogens with zero attached hydrogens (tertiary/aromatic N) is 2. The van der Waals surface area contributed by atoms with Crippen LogP contribution in [-0.4, -0.2) is 34.1 Å². The fourth-order valence-corrected chi connectivity index (χ4v) is 2.42. The molecule has 1 N–H and O–H groups in total. The monoisotopic (exact) mass is 247 g/mol. The number of hydrogen-bond acceptors (Lipinski definition) is 2. The van der Waals surface area contributed by atoms with Crippen molar-refractivity contribution in [1.82, 2.24) is 15.1 Å². The summed E-state index contributed by atoms with van der Waals surface area (Å²) in [5.74, 6) is 0.843. The average molecular weight is 247 g/mol. The Morgan fingerprint density at radius 3 is 3.06 bits per heavy atom. The molecule has 1 amide bonds. The number of carbonyl (C=O) groups excluding carboxylic acids is 1. The summed E-state index contributed by atoms with van der Waals surface area (Å²) >= 11 is 0. The number of nitrogens with one attached hydrogen (secondary N) is 1. The van der Waals surface area contributed by atoms with Gasteiger partial charge in [0.1, 0.15) is 0 Å². The van der Waals surface area contributed by atoms with E-state index in [4.69, 9.17) is 0 Å². The van der Waals surface area contributed by atoms with Crippen LogP contribution in [0, 0.1) is 0 Å². The van der Waals surface area contributed by atoms with Crippen molar-refractivity contribution in [2.75, 3.05) is 13.1 Å². The van der Waals surface area contributed by atoms with E-state index in [1.165, 1.54) is 6.08 Å². The predicted molar refractivity (Wildman–Crippen MR) is 71.4 cm³/mol. The second-order valence-corrected chi connectivity index (χ2v) is 5.23. The molecule has 2 heterocycles. The molecule has 4 nitrogen and oxygen atoms in total. The van der Waals surface area contributed by atoms with E-state index in [0.717, 1.165) is 37.3 Å². The second-order valence-electron chi connectivity index (χ2n) is 5.23. The molecule has 2 rings (SSSR count). The minimum atomic E-state index is 0.0308. The average Bonchev–Trinajstić information content (AvgIpc) is 2.88. The summed E-state index contributed by atoms with van der Waals surface area (Å²) in [6.45, 7) is 9.42. The molecule has 1 aliphatic heterocycles. The van der Waals surface area contributed by atoms with Crippen LogP contribution < -0.4 is 0 Å². The Labute approximate surface area is 108 Å². The van der Waals surface area contributed by atoms with Crippen molar-refractivity contribution in [3.63, 3.8) is 0 Å². The Balaban J connectivity index is 2.08. The molecule has 1 aromatic rings. The van der Waals surface area contributed by atoms with Crippen LogP contribution >= 0.6 is 0 Å². The lowest BCUT2D eigenvalue weighted by molar-refractivity contribution is -0.127. The van der Waals surface area contributed by atoms with E-state index < -0.39 is 0 Å². The molecular weight excluding hydrogens is 226 g/mol. The summed E-state index contributed by atoms with van der Waals surface area (Å²) in [7, 11) is 0. The van der Waals surface area contributed by atoms with E-state index in [9.17, 15) is 4.79 Å². The molecule has 0 saturated carbocycles. The summed E-state index contributed by atoms with van der Waals surface area (Å²) in [6.07, 6.45) is 3.55. The number of aromatic amines is 1. The van der Waals surface area contributed by atoms with Crippen LogP contribution in [0.1, 0.15) is 49.9 Å². The predicted octanol–water partition coefficient (Wildman–Crippen LogP) is 2.43. The topological polar surface area (TPSA) is 49.0 Å². The van der Waals surface area contributed by atoms with E-state index in [1.54, 1.807) is 0 Å². The molecule has 0 aromatic carbocycles. The van der Waals surface area contributed by atoms with Gasteiger partial charge in [-0.3, -0.25) is 9.89 Å². The third-order valence-corrected chi connectivity index (χ3v) is 3.56. The van der Waals surface area contributed by atoms with Gasteiger partial charge in [0.25, 0.3) is 0 Å². The van der Waals surface area contributed by atoms with Crippen molar-refractivity contribution in [3.8, 4) is 0 Å². The van der Waals surface area contributed by atoms with Gasteiger partial charge in [-0.1, -0.05) is 20.4 Å². The number of H-pyrrole nitrogens is 1. The number of hydrogen-bond donors (Lipinski definition) is 1. The molecule has 0 spiro atoms. The number of rotatable bonds is 3. The van der Waals surface area contributed by atoms with E-state index in [-0.39, 0.29) is 5.91 Å². The second kappa shape index (κ2) is 5.38. The maximum absolute atomic E-state index is 11.6. The Kier molecular flexibility index (Phi) is 3.84. The SMILES string of the molecule is C=CC(=O)N1CCCC(c2cc(C(C)C)n[nH]2)C1. The smallest absolute Gasteiger partial charge is 0.245 e. The molecule has 0 aliphatic carbocycles. The molecule has 1 unspecified atom stereocenters. The molecule has 1 aromatic heterocycles. The molecule has 1 aliphatic rings. The quantitative estimate of drug-likeness (QED) is 0.834. The Morgan fingerprint density at radius 1 is 1.67 bits per heavy atom. The zero-order valence-corrected chi connectivity index (χ0v) is 11.1. The zero-order valence-electron chi connectivity index (χ0n) is 11.1. The molecule has 98 valence electrons. The van der Waals surface area contributed by atoms with Gasteiger partial charge in [0.2, 0.25) is 5.91 Å². The molecule has 0 bridgehead atoms. The van der Waals surface area contributed by atoms with Gasteiger partial charge < -0.3 is 4.90 Å². The summed E-state index contributed by atoms with van der Waals surface area (Å²) in [5, 5.41) is 7.45. The number of carbonyl (C=O) groups is 1. The van der Waals surface area contributed by atoms with Gasteiger partial charge in [-0.2, -0.15) is 5.10 Å². The molecule has 1 fully saturated rings. The molecule has 0 radical (unpaired) electrons.